The van der Waals surface area contributed by atoms with Crippen molar-refractivity contribution >= 4 is 11.9 Å². The van der Waals surface area contributed by atoms with E-state index in [4.69, 9.17) is 5.11 Å². The highest BCUT2D eigenvalue weighted by atomic mass is 16.4. The van der Waals surface area contributed by atoms with Crippen molar-refractivity contribution in [3.8, 4) is 0 Å². The predicted octanol–water partition coefficient (Wildman–Crippen LogP) is 2.80. The molecule has 6 heteroatoms. The van der Waals surface area contributed by atoms with Crippen LogP contribution in [-0.4, -0.2) is 33.0 Å². The summed E-state index contributed by atoms with van der Waals surface area (Å²) in [5, 5.41) is 11.8. The molecule has 0 bridgehead atoms. The van der Waals surface area contributed by atoms with Crippen LogP contribution in [0, 0.1) is 5.41 Å². The Bertz CT molecular complexity index is 569. The molecule has 0 atom stereocenters. The van der Waals surface area contributed by atoms with Crippen LogP contribution in [0.1, 0.15) is 78.8 Å². The molecule has 0 radical (unpaired) electrons. The van der Waals surface area contributed by atoms with Crippen molar-refractivity contribution in [2.45, 2.75) is 63.8 Å². The number of aromatic carboxylic acids is 1. The second-order valence-electron chi connectivity index (χ2n) is 6.90. The molecule has 0 saturated heterocycles. The lowest BCUT2D eigenvalue weighted by Gasteiger charge is -2.43. The van der Waals surface area contributed by atoms with Crippen molar-refractivity contribution in [2.75, 3.05) is 0 Å². The Morgan fingerprint density at radius 1 is 1.00 bits per heavy atom. The molecule has 23 heavy (non-hydrogen) atoms. The fourth-order valence-corrected chi connectivity index (χ4v) is 3.99. The van der Waals surface area contributed by atoms with Gasteiger partial charge in [0.25, 0.3) is 5.91 Å². The maximum atomic E-state index is 12.2. The van der Waals surface area contributed by atoms with Gasteiger partial charge in [0.15, 0.2) is 5.69 Å². The summed E-state index contributed by atoms with van der Waals surface area (Å²) in [5.74, 6) is -1.41. The predicted molar refractivity (Wildman–Crippen MR) is 84.2 cm³/mol. The molecular weight excluding hydrogens is 294 g/mol. The zero-order chi connectivity index (χ0) is 16.3. The van der Waals surface area contributed by atoms with Crippen LogP contribution in [-0.2, 0) is 0 Å². The minimum atomic E-state index is -1.14. The van der Waals surface area contributed by atoms with E-state index in [1.807, 2.05) is 0 Å². The molecule has 2 saturated carbocycles. The molecule has 1 heterocycles. The molecule has 1 aromatic rings. The minimum absolute atomic E-state index is 0.154. The Morgan fingerprint density at radius 2 is 1.61 bits per heavy atom. The van der Waals surface area contributed by atoms with E-state index in [9.17, 15) is 9.59 Å². The lowest BCUT2D eigenvalue weighted by molar-refractivity contribution is 0.0688. The van der Waals surface area contributed by atoms with Gasteiger partial charge in [-0.3, -0.25) is 4.79 Å². The number of aromatic nitrogens is 2. The molecule has 1 aromatic heterocycles. The van der Waals surface area contributed by atoms with E-state index < -0.39 is 5.97 Å². The summed E-state index contributed by atoms with van der Waals surface area (Å²) in [5.41, 5.74) is 0.550. The monoisotopic (exact) mass is 317 g/mol. The van der Waals surface area contributed by atoms with Gasteiger partial charge in [0.05, 0.1) is 12.4 Å². The first-order valence-electron chi connectivity index (χ1n) is 8.44. The van der Waals surface area contributed by atoms with Gasteiger partial charge < -0.3 is 10.4 Å². The molecule has 6 nitrogen and oxygen atoms in total. The number of hydrogen-bond acceptors (Lipinski definition) is 4. The third-order valence-corrected chi connectivity index (χ3v) is 5.40. The van der Waals surface area contributed by atoms with Crippen LogP contribution in [0.15, 0.2) is 12.4 Å². The molecule has 0 unspecified atom stereocenters. The number of hydrogen-bond donors (Lipinski definition) is 2. The first kappa shape index (κ1) is 15.9. The van der Waals surface area contributed by atoms with Crippen LogP contribution in [0.2, 0.25) is 0 Å². The van der Waals surface area contributed by atoms with Gasteiger partial charge in [-0.2, -0.15) is 0 Å². The number of carbonyl (C=O) groups excluding carboxylic acids is 1. The molecule has 0 aliphatic heterocycles. The third kappa shape index (κ3) is 3.68. The van der Waals surface area contributed by atoms with Crippen LogP contribution < -0.4 is 5.32 Å². The van der Waals surface area contributed by atoms with Crippen molar-refractivity contribution < 1.29 is 14.7 Å². The van der Waals surface area contributed by atoms with Gasteiger partial charge >= 0.3 is 5.97 Å². The van der Waals surface area contributed by atoms with E-state index in [-0.39, 0.29) is 23.3 Å². The SMILES string of the molecule is O=C(O)c1cnc(C(=O)NC2CCC3(CCCCC3)CC2)cn1. The van der Waals surface area contributed by atoms with Crippen molar-refractivity contribution in [1.82, 2.24) is 15.3 Å². The van der Waals surface area contributed by atoms with E-state index in [2.05, 4.69) is 15.3 Å². The lowest BCUT2D eigenvalue weighted by atomic mass is 9.64. The van der Waals surface area contributed by atoms with E-state index in [0.29, 0.717) is 5.41 Å². The second-order valence-corrected chi connectivity index (χ2v) is 6.90. The summed E-state index contributed by atoms with van der Waals surface area (Å²) < 4.78 is 0. The third-order valence-electron chi connectivity index (χ3n) is 5.40. The summed E-state index contributed by atoms with van der Waals surface area (Å²) in [6.07, 6.45) is 13.5. The highest BCUT2D eigenvalue weighted by molar-refractivity contribution is 5.92. The fourth-order valence-electron chi connectivity index (χ4n) is 3.99. The quantitative estimate of drug-likeness (QED) is 0.894. The normalized spacial score (nSPS) is 21.0. The highest BCUT2D eigenvalue weighted by Gasteiger charge is 2.36. The molecular formula is C17H23N3O3. The maximum Gasteiger partial charge on any atom is 0.356 e. The molecule has 2 aliphatic rings. The summed E-state index contributed by atoms with van der Waals surface area (Å²) in [6, 6.07) is 0.191. The molecule has 1 spiro atoms. The highest BCUT2D eigenvalue weighted by Crippen LogP contribution is 2.47. The van der Waals surface area contributed by atoms with Gasteiger partial charge in [0, 0.05) is 6.04 Å². The van der Waals surface area contributed by atoms with Crippen molar-refractivity contribution in [1.29, 1.82) is 0 Å². The van der Waals surface area contributed by atoms with Gasteiger partial charge in [-0.15, -0.1) is 0 Å². The Labute approximate surface area is 135 Å². The van der Waals surface area contributed by atoms with Gasteiger partial charge in [-0.1, -0.05) is 19.3 Å². The number of nitrogens with zero attached hydrogens (tertiary/aromatic N) is 2. The molecule has 2 aliphatic carbocycles. The molecule has 3 rings (SSSR count). The fraction of sp³-hybridized carbons (Fsp3) is 0.647. The summed E-state index contributed by atoms with van der Waals surface area (Å²) in [4.78, 5) is 30.6. The zero-order valence-corrected chi connectivity index (χ0v) is 13.3. The number of nitrogens with one attached hydrogen (secondary N) is 1. The second kappa shape index (κ2) is 6.64. The number of carboxylic acids is 1. The number of carbonyl (C=O) groups is 2. The van der Waals surface area contributed by atoms with Gasteiger partial charge in [0.2, 0.25) is 0 Å². The van der Waals surface area contributed by atoms with Gasteiger partial charge in [-0.25, -0.2) is 14.8 Å². The number of rotatable bonds is 3. The Morgan fingerprint density at radius 3 is 2.17 bits per heavy atom. The smallest absolute Gasteiger partial charge is 0.356 e. The molecule has 2 N–H and O–H groups in total. The lowest BCUT2D eigenvalue weighted by Crippen LogP contribution is -2.41. The van der Waals surface area contributed by atoms with Crippen LogP contribution in [0.4, 0.5) is 0 Å². The van der Waals surface area contributed by atoms with E-state index in [1.165, 1.54) is 51.1 Å². The summed E-state index contributed by atoms with van der Waals surface area (Å²) in [6.45, 7) is 0. The zero-order valence-electron chi connectivity index (χ0n) is 13.3. The Kier molecular flexibility index (Phi) is 4.59. The van der Waals surface area contributed by atoms with Crippen LogP contribution in [0.5, 0.6) is 0 Å². The average molecular weight is 317 g/mol. The molecule has 2 fully saturated rings. The van der Waals surface area contributed by atoms with Crippen molar-refractivity contribution in [2.24, 2.45) is 5.41 Å². The maximum absolute atomic E-state index is 12.2. The van der Waals surface area contributed by atoms with E-state index >= 15 is 0 Å². The van der Waals surface area contributed by atoms with Gasteiger partial charge in [0.1, 0.15) is 5.69 Å². The first-order chi connectivity index (χ1) is 11.1. The molecule has 1 amide bonds. The number of carboxylic acid groups (broad SMARTS) is 1. The van der Waals surface area contributed by atoms with E-state index in [0.717, 1.165) is 19.0 Å². The van der Waals surface area contributed by atoms with E-state index in [1.54, 1.807) is 0 Å². The Balaban J connectivity index is 1.53. The van der Waals surface area contributed by atoms with Gasteiger partial charge in [-0.05, 0) is 43.9 Å². The van der Waals surface area contributed by atoms with Crippen LogP contribution in [0.3, 0.4) is 0 Å². The molecule has 124 valence electrons. The Hall–Kier alpha value is -1.98. The van der Waals surface area contributed by atoms with Crippen LogP contribution >= 0.6 is 0 Å². The standard InChI is InChI=1S/C17H23N3O3/c21-15(13-10-19-14(11-18-13)16(22)23)20-12-4-8-17(9-5-12)6-2-1-3-7-17/h10-12H,1-9H2,(H,20,21)(H,22,23). The molecule has 0 aromatic carbocycles. The topological polar surface area (TPSA) is 92.2 Å². The first-order valence-corrected chi connectivity index (χ1v) is 8.44. The summed E-state index contributed by atoms with van der Waals surface area (Å²) >= 11 is 0. The minimum Gasteiger partial charge on any atom is -0.476 e. The number of amides is 1. The van der Waals surface area contributed by atoms with Crippen molar-refractivity contribution in [3.05, 3.63) is 23.8 Å². The van der Waals surface area contributed by atoms with Crippen LogP contribution in [0.25, 0.3) is 0 Å². The largest absolute Gasteiger partial charge is 0.476 e. The van der Waals surface area contributed by atoms with Crippen molar-refractivity contribution in [3.63, 3.8) is 0 Å². The average Bonchev–Trinajstić information content (AvgIpc) is 2.58. The summed E-state index contributed by atoms with van der Waals surface area (Å²) in [7, 11) is 0.